The van der Waals surface area contributed by atoms with Crippen molar-refractivity contribution in [2.24, 2.45) is 0 Å². The summed E-state index contributed by atoms with van der Waals surface area (Å²) in [6.45, 7) is 9.80. The van der Waals surface area contributed by atoms with Crippen LogP contribution in [0.1, 0.15) is 45.7 Å². The molecule has 0 aliphatic carbocycles. The lowest BCUT2D eigenvalue weighted by Crippen LogP contribution is -2.59. The Morgan fingerprint density at radius 2 is 1.64 bits per heavy atom. The minimum Gasteiger partial charge on any atom is -0.497 e. The quantitative estimate of drug-likeness (QED) is 0.630. The van der Waals surface area contributed by atoms with E-state index in [9.17, 15) is 4.79 Å². The summed E-state index contributed by atoms with van der Waals surface area (Å²) in [7, 11) is 3.24. The molecule has 0 bridgehead atoms. The summed E-state index contributed by atoms with van der Waals surface area (Å²) < 4.78 is 28.3. The largest absolute Gasteiger partial charge is 0.497 e. The number of nitrogens with one attached hydrogen (secondary N) is 1. The van der Waals surface area contributed by atoms with Gasteiger partial charge in [0.25, 0.3) is 0 Å². The zero-order chi connectivity index (χ0) is 24.0. The number of cyclic esters (lactones) is 1. The lowest BCUT2D eigenvalue weighted by Gasteiger charge is -2.37. The van der Waals surface area contributed by atoms with Gasteiger partial charge in [0.2, 0.25) is 5.79 Å². The zero-order valence-electron chi connectivity index (χ0n) is 20.3. The molecule has 1 N–H and O–H groups in total. The number of ether oxygens (including phenoxy) is 5. The summed E-state index contributed by atoms with van der Waals surface area (Å²) in [6.07, 6.45) is 0.430. The second-order valence-electron chi connectivity index (χ2n) is 9.52. The molecule has 2 aliphatic rings. The van der Waals surface area contributed by atoms with E-state index in [4.69, 9.17) is 23.7 Å². The van der Waals surface area contributed by atoms with Crippen molar-refractivity contribution >= 4 is 5.97 Å². The topological polar surface area (TPSA) is 78.5 Å². The predicted molar refractivity (Wildman–Crippen MR) is 122 cm³/mol. The van der Waals surface area contributed by atoms with E-state index in [1.54, 1.807) is 14.2 Å². The van der Waals surface area contributed by atoms with Crippen LogP contribution in [0.3, 0.4) is 0 Å². The molecule has 1 atom stereocenters. The Morgan fingerprint density at radius 3 is 2.33 bits per heavy atom. The predicted octanol–water partition coefficient (Wildman–Crippen LogP) is 3.81. The fourth-order valence-corrected chi connectivity index (χ4v) is 4.52. The van der Waals surface area contributed by atoms with E-state index in [-0.39, 0.29) is 5.97 Å². The number of nitrogens with zero attached hydrogens (tertiary/aromatic N) is 1. The van der Waals surface area contributed by atoms with Crippen LogP contribution in [0.25, 0.3) is 0 Å². The van der Waals surface area contributed by atoms with Crippen molar-refractivity contribution in [3.63, 3.8) is 0 Å². The lowest BCUT2D eigenvalue weighted by molar-refractivity contribution is -0.151. The molecule has 2 aromatic rings. The first-order chi connectivity index (χ1) is 15.5. The maximum absolute atomic E-state index is 13.1. The van der Waals surface area contributed by atoms with Gasteiger partial charge in [-0.05, 0) is 44.5 Å². The monoisotopic (exact) mass is 456 g/mol. The molecule has 0 aromatic heterocycles. The molecule has 2 aliphatic heterocycles. The molecule has 0 saturated carbocycles. The van der Waals surface area contributed by atoms with Crippen LogP contribution < -0.4 is 24.4 Å². The molecular formula is C25H32N2O6. The minimum atomic E-state index is -0.938. The number of hydrogen-bond donors (Lipinski definition) is 1. The van der Waals surface area contributed by atoms with Crippen LogP contribution >= 0.6 is 0 Å². The van der Waals surface area contributed by atoms with Gasteiger partial charge in [-0.2, -0.15) is 5.01 Å². The van der Waals surface area contributed by atoms with E-state index >= 15 is 0 Å². The molecule has 0 unspecified atom stereocenters. The molecule has 178 valence electrons. The molecular weight excluding hydrogens is 424 g/mol. The molecule has 0 amide bonds. The summed E-state index contributed by atoms with van der Waals surface area (Å²) in [6, 6.07) is 11.4. The Hall–Kier alpha value is -2.97. The van der Waals surface area contributed by atoms with E-state index in [0.717, 1.165) is 11.1 Å². The molecule has 8 nitrogen and oxygen atoms in total. The Bertz CT molecular complexity index is 1070. The first kappa shape index (κ1) is 23.2. The number of carbonyl (C=O) groups excluding carboxylic acids is 1. The van der Waals surface area contributed by atoms with E-state index in [0.29, 0.717) is 36.0 Å². The van der Waals surface area contributed by atoms with Gasteiger partial charge in [0, 0.05) is 38.4 Å². The van der Waals surface area contributed by atoms with Crippen molar-refractivity contribution in [1.29, 1.82) is 0 Å². The highest BCUT2D eigenvalue weighted by Gasteiger charge is 2.56. The minimum absolute atomic E-state index is 0.292. The van der Waals surface area contributed by atoms with E-state index in [2.05, 4.69) is 5.43 Å². The summed E-state index contributed by atoms with van der Waals surface area (Å²) in [5.74, 6) is 1.79. The van der Waals surface area contributed by atoms with Gasteiger partial charge in [-0.1, -0.05) is 12.1 Å². The average Bonchev–Trinajstić information content (AvgIpc) is 3.14. The Labute approximate surface area is 194 Å². The van der Waals surface area contributed by atoms with Crippen molar-refractivity contribution < 1.29 is 28.5 Å². The number of fused-ring (bicyclic) bond motifs is 1. The van der Waals surface area contributed by atoms with Gasteiger partial charge in [-0.25, -0.2) is 10.2 Å². The van der Waals surface area contributed by atoms with E-state index in [1.165, 1.54) is 0 Å². The van der Waals surface area contributed by atoms with Crippen molar-refractivity contribution in [2.75, 3.05) is 14.2 Å². The maximum Gasteiger partial charge on any atom is 0.329 e. The maximum atomic E-state index is 13.1. The number of hydrazine groups is 1. The van der Waals surface area contributed by atoms with Crippen LogP contribution in [0, 0.1) is 0 Å². The highest BCUT2D eigenvalue weighted by Crippen LogP contribution is 2.42. The SMILES string of the molecule is COc1ccc(CNN2C(C)(C)OC(=O)[C@]2(C)Cc2ccc3c(c2)OC(C)(C)O3)c(OC)c1. The van der Waals surface area contributed by atoms with Crippen molar-refractivity contribution in [3.05, 3.63) is 47.5 Å². The van der Waals surface area contributed by atoms with Crippen LogP contribution in [-0.4, -0.2) is 42.2 Å². The van der Waals surface area contributed by atoms with Gasteiger partial charge in [-0.3, -0.25) is 0 Å². The van der Waals surface area contributed by atoms with Crippen LogP contribution in [0.2, 0.25) is 0 Å². The number of carbonyl (C=O) groups is 1. The second-order valence-corrected chi connectivity index (χ2v) is 9.52. The standard InChI is InChI=1S/C25H32N2O6/c1-23(2)27(26-15-17-9-10-18(29-6)13-20(17)30-7)25(5,22(28)33-23)14-16-8-11-19-21(12-16)32-24(3,4)31-19/h8-13,26H,14-15H2,1-7H3/t25-/m0/s1. The smallest absolute Gasteiger partial charge is 0.329 e. The van der Waals surface area contributed by atoms with E-state index < -0.39 is 17.1 Å². The summed E-state index contributed by atoms with van der Waals surface area (Å²) in [5, 5.41) is 1.89. The second kappa shape index (κ2) is 8.11. The van der Waals surface area contributed by atoms with Crippen molar-refractivity contribution in [3.8, 4) is 23.0 Å². The molecule has 0 spiro atoms. The number of rotatable bonds is 7. The number of esters is 1. The van der Waals surface area contributed by atoms with E-state index in [1.807, 2.05) is 76.0 Å². The third kappa shape index (κ3) is 4.32. The summed E-state index contributed by atoms with van der Waals surface area (Å²) >= 11 is 0. The summed E-state index contributed by atoms with van der Waals surface area (Å²) in [5.41, 5.74) is 3.51. The Morgan fingerprint density at radius 1 is 0.909 bits per heavy atom. The van der Waals surface area contributed by atoms with Gasteiger partial charge in [0.15, 0.2) is 17.2 Å². The lowest BCUT2D eigenvalue weighted by atomic mass is 9.92. The molecule has 1 fully saturated rings. The van der Waals surface area contributed by atoms with Crippen molar-refractivity contribution in [2.45, 2.75) is 64.6 Å². The Kier molecular flexibility index (Phi) is 5.70. The normalized spacial score (nSPS) is 22.8. The molecule has 8 heteroatoms. The summed E-state index contributed by atoms with van der Waals surface area (Å²) in [4.78, 5) is 13.1. The third-order valence-corrected chi connectivity index (χ3v) is 6.00. The average molecular weight is 457 g/mol. The zero-order valence-corrected chi connectivity index (χ0v) is 20.3. The highest BCUT2D eigenvalue weighted by molar-refractivity contribution is 5.83. The van der Waals surface area contributed by atoms with Gasteiger partial charge >= 0.3 is 5.97 Å². The number of methoxy groups -OCH3 is 2. The van der Waals surface area contributed by atoms with Gasteiger partial charge in [0.05, 0.1) is 14.2 Å². The first-order valence-corrected chi connectivity index (χ1v) is 11.0. The molecule has 0 radical (unpaired) electrons. The number of hydrogen-bond acceptors (Lipinski definition) is 8. The van der Waals surface area contributed by atoms with Gasteiger partial charge < -0.3 is 23.7 Å². The van der Waals surface area contributed by atoms with Gasteiger partial charge in [0.1, 0.15) is 17.0 Å². The third-order valence-electron chi connectivity index (χ3n) is 6.00. The fraction of sp³-hybridized carbons (Fsp3) is 0.480. The van der Waals surface area contributed by atoms with Crippen LogP contribution in [-0.2, 0) is 22.5 Å². The molecule has 4 rings (SSSR count). The Balaban J connectivity index is 1.57. The molecule has 2 heterocycles. The first-order valence-electron chi connectivity index (χ1n) is 11.0. The molecule has 33 heavy (non-hydrogen) atoms. The molecule has 1 saturated heterocycles. The van der Waals surface area contributed by atoms with Crippen molar-refractivity contribution in [1.82, 2.24) is 10.4 Å². The van der Waals surface area contributed by atoms with Crippen LogP contribution in [0.5, 0.6) is 23.0 Å². The van der Waals surface area contributed by atoms with Gasteiger partial charge in [-0.15, -0.1) is 0 Å². The van der Waals surface area contributed by atoms with Crippen LogP contribution in [0.4, 0.5) is 0 Å². The molecule has 2 aromatic carbocycles. The highest BCUT2D eigenvalue weighted by atomic mass is 16.7. The van der Waals surface area contributed by atoms with Crippen LogP contribution in [0.15, 0.2) is 36.4 Å². The fourth-order valence-electron chi connectivity index (χ4n) is 4.52. The number of benzene rings is 2.